The summed E-state index contributed by atoms with van der Waals surface area (Å²) in [6.45, 7) is 0.280. The molecule has 6 nitrogen and oxygen atoms in total. The molecule has 2 aromatic carbocycles. The van der Waals surface area contributed by atoms with E-state index in [4.69, 9.17) is 11.5 Å². The van der Waals surface area contributed by atoms with E-state index in [0.717, 1.165) is 21.8 Å². The Morgan fingerprint density at radius 1 is 0.850 bits per heavy atom. The lowest BCUT2D eigenvalue weighted by Gasteiger charge is -2.06. The zero-order valence-corrected chi connectivity index (χ0v) is 10.7. The third-order valence-electron chi connectivity index (χ3n) is 3.49. The molecule has 0 saturated heterocycles. The summed E-state index contributed by atoms with van der Waals surface area (Å²) in [6.07, 6.45) is 0. The summed E-state index contributed by atoms with van der Waals surface area (Å²) in [6, 6.07) is 6.43. The lowest BCUT2D eigenvalue weighted by molar-refractivity contribution is 0.280. The molecule has 0 amide bonds. The van der Waals surface area contributed by atoms with E-state index in [0.29, 0.717) is 6.54 Å². The van der Waals surface area contributed by atoms with Crippen molar-refractivity contribution in [2.75, 3.05) is 18.1 Å². The summed E-state index contributed by atoms with van der Waals surface area (Å²) in [5.74, 6) is -0.0339. The summed E-state index contributed by atoms with van der Waals surface area (Å²) < 4.78 is 1.81. The van der Waals surface area contributed by atoms with Gasteiger partial charge >= 0.3 is 0 Å². The maximum atomic E-state index is 9.77. The Morgan fingerprint density at radius 3 is 1.70 bits per heavy atom. The molecule has 6 heteroatoms. The molecule has 0 atom stereocenters. The van der Waals surface area contributed by atoms with Crippen molar-refractivity contribution in [2.24, 2.45) is 0 Å². The molecule has 0 radical (unpaired) electrons. The predicted molar refractivity (Wildman–Crippen MR) is 78.7 cm³/mol. The minimum absolute atomic E-state index is 0.0170. The molecule has 0 aliphatic carbocycles. The molecule has 0 aliphatic rings. The first-order chi connectivity index (χ1) is 9.52. The Balaban J connectivity index is 2.51. The van der Waals surface area contributed by atoms with Crippen molar-refractivity contribution in [1.29, 1.82) is 0 Å². The zero-order valence-electron chi connectivity index (χ0n) is 10.7. The highest BCUT2D eigenvalue weighted by Gasteiger charge is 2.14. The number of anilines is 2. The van der Waals surface area contributed by atoms with Crippen molar-refractivity contribution in [3.8, 4) is 11.5 Å². The normalized spacial score (nSPS) is 11.4. The molecule has 0 spiro atoms. The number of aliphatic hydroxyl groups excluding tert-OH is 1. The lowest BCUT2D eigenvalue weighted by Crippen LogP contribution is -2.01. The number of aliphatic hydroxyl groups is 1. The molecule has 20 heavy (non-hydrogen) atoms. The summed E-state index contributed by atoms with van der Waals surface area (Å²) in [7, 11) is 0. The molecule has 3 rings (SSSR count). The quantitative estimate of drug-likeness (QED) is 0.357. The first kappa shape index (κ1) is 12.4. The number of rotatable bonds is 2. The minimum Gasteiger partial charge on any atom is -0.506 e. The van der Waals surface area contributed by atoms with Gasteiger partial charge in [-0.1, -0.05) is 0 Å². The van der Waals surface area contributed by atoms with Crippen LogP contribution in [0.1, 0.15) is 0 Å². The molecule has 7 N–H and O–H groups in total. The number of hydrogen-bond acceptors (Lipinski definition) is 5. The minimum atomic E-state index is -0.0604. The molecule has 0 saturated carbocycles. The van der Waals surface area contributed by atoms with Crippen LogP contribution in [0.15, 0.2) is 24.3 Å². The standard InChI is InChI=1S/C14H15N3O3/c15-9-3-7-8-4-10(16)14(20)6-12(8)17(1-2-18)11(7)5-13(9)19/h3-6,18-20H,1-2,15-16H2. The van der Waals surface area contributed by atoms with E-state index < -0.39 is 0 Å². The number of phenols is 2. The highest BCUT2D eigenvalue weighted by atomic mass is 16.3. The molecule has 0 unspecified atom stereocenters. The number of aromatic nitrogens is 1. The van der Waals surface area contributed by atoms with E-state index >= 15 is 0 Å². The van der Waals surface area contributed by atoms with Gasteiger partial charge in [-0.3, -0.25) is 0 Å². The molecule has 104 valence electrons. The molecule has 0 bridgehead atoms. The van der Waals surface area contributed by atoms with Crippen molar-refractivity contribution < 1.29 is 15.3 Å². The number of nitrogens with zero attached hydrogens (tertiary/aromatic N) is 1. The van der Waals surface area contributed by atoms with Gasteiger partial charge in [0.1, 0.15) is 11.5 Å². The predicted octanol–water partition coefficient (Wildman–Crippen LogP) is 1.36. The number of nitrogen functional groups attached to an aromatic ring is 2. The van der Waals surface area contributed by atoms with E-state index in [1.807, 2.05) is 4.57 Å². The maximum Gasteiger partial charge on any atom is 0.140 e. The van der Waals surface area contributed by atoms with Gasteiger partial charge in [0.15, 0.2) is 0 Å². The van der Waals surface area contributed by atoms with Crippen LogP contribution in [0.3, 0.4) is 0 Å². The van der Waals surface area contributed by atoms with Crippen LogP contribution in [-0.4, -0.2) is 26.5 Å². The van der Waals surface area contributed by atoms with Gasteiger partial charge in [0.25, 0.3) is 0 Å². The summed E-state index contributed by atoms with van der Waals surface area (Å²) >= 11 is 0. The van der Waals surface area contributed by atoms with E-state index in [1.54, 1.807) is 24.3 Å². The smallest absolute Gasteiger partial charge is 0.140 e. The molecule has 0 aliphatic heterocycles. The molecule has 3 aromatic rings. The van der Waals surface area contributed by atoms with Crippen LogP contribution >= 0.6 is 0 Å². The van der Waals surface area contributed by atoms with Gasteiger partial charge in [0, 0.05) is 29.4 Å². The number of benzene rings is 2. The molecule has 0 fully saturated rings. The molecule has 1 heterocycles. The van der Waals surface area contributed by atoms with Crippen LogP contribution < -0.4 is 11.5 Å². The average Bonchev–Trinajstić information content (AvgIpc) is 2.66. The fourth-order valence-electron chi connectivity index (χ4n) is 2.54. The Hall–Kier alpha value is -2.60. The molecule has 1 aromatic heterocycles. The third kappa shape index (κ3) is 1.62. The summed E-state index contributed by atoms with van der Waals surface area (Å²) in [4.78, 5) is 0. The second-order valence-corrected chi connectivity index (χ2v) is 4.73. The van der Waals surface area contributed by atoms with Crippen molar-refractivity contribution in [1.82, 2.24) is 4.57 Å². The van der Waals surface area contributed by atoms with Crippen LogP contribution in [0, 0.1) is 0 Å². The van der Waals surface area contributed by atoms with E-state index in [1.165, 1.54) is 0 Å². The summed E-state index contributed by atoms with van der Waals surface area (Å²) in [5.41, 5.74) is 13.5. The van der Waals surface area contributed by atoms with Gasteiger partial charge < -0.3 is 31.4 Å². The number of nitrogens with two attached hydrogens (primary N) is 2. The first-order valence-electron chi connectivity index (χ1n) is 6.16. The molecular formula is C14H15N3O3. The van der Waals surface area contributed by atoms with E-state index in [-0.39, 0.29) is 29.5 Å². The average molecular weight is 273 g/mol. The SMILES string of the molecule is Nc1cc2c3cc(N)c(O)cc3n(CCO)c2cc1O. The van der Waals surface area contributed by atoms with E-state index in [2.05, 4.69) is 0 Å². The van der Waals surface area contributed by atoms with Crippen molar-refractivity contribution >= 4 is 33.2 Å². The third-order valence-corrected chi connectivity index (χ3v) is 3.49. The van der Waals surface area contributed by atoms with Crippen LogP contribution in [0.5, 0.6) is 11.5 Å². The van der Waals surface area contributed by atoms with Crippen molar-refractivity contribution in [3.05, 3.63) is 24.3 Å². The van der Waals surface area contributed by atoms with Crippen molar-refractivity contribution in [3.63, 3.8) is 0 Å². The number of phenolic OH excluding ortho intramolecular Hbond substituents is 2. The topological polar surface area (TPSA) is 118 Å². The Kier molecular flexibility index (Phi) is 2.62. The monoisotopic (exact) mass is 273 g/mol. The van der Waals surface area contributed by atoms with Crippen molar-refractivity contribution in [2.45, 2.75) is 6.54 Å². The fraction of sp³-hybridized carbons (Fsp3) is 0.143. The number of aromatic hydroxyl groups is 2. The van der Waals surface area contributed by atoms with Crippen LogP contribution in [-0.2, 0) is 6.54 Å². The number of fused-ring (bicyclic) bond motifs is 3. The Bertz CT molecular complexity index is 758. The zero-order chi connectivity index (χ0) is 14.4. The van der Waals surface area contributed by atoms with Gasteiger partial charge in [-0.15, -0.1) is 0 Å². The molecular weight excluding hydrogens is 258 g/mol. The highest BCUT2D eigenvalue weighted by molar-refractivity contribution is 6.11. The first-order valence-corrected chi connectivity index (χ1v) is 6.16. The van der Waals surface area contributed by atoms with Gasteiger partial charge in [-0.2, -0.15) is 0 Å². The lowest BCUT2D eigenvalue weighted by atomic mass is 10.1. The maximum absolute atomic E-state index is 9.77. The second kappa shape index (κ2) is 4.21. The fourth-order valence-corrected chi connectivity index (χ4v) is 2.54. The van der Waals surface area contributed by atoms with Gasteiger partial charge in [0.2, 0.25) is 0 Å². The van der Waals surface area contributed by atoms with Crippen LogP contribution in [0.25, 0.3) is 21.8 Å². The summed E-state index contributed by atoms with van der Waals surface area (Å²) in [5, 5.41) is 30.4. The highest BCUT2D eigenvalue weighted by Crippen LogP contribution is 2.37. The largest absolute Gasteiger partial charge is 0.506 e. The second-order valence-electron chi connectivity index (χ2n) is 4.73. The van der Waals surface area contributed by atoms with Gasteiger partial charge in [-0.25, -0.2) is 0 Å². The van der Waals surface area contributed by atoms with Crippen LogP contribution in [0.4, 0.5) is 11.4 Å². The van der Waals surface area contributed by atoms with Gasteiger partial charge in [-0.05, 0) is 12.1 Å². The Labute approximate surface area is 114 Å². The number of hydrogen-bond donors (Lipinski definition) is 5. The van der Waals surface area contributed by atoms with Crippen LogP contribution in [0.2, 0.25) is 0 Å². The van der Waals surface area contributed by atoms with Gasteiger partial charge in [0.05, 0.1) is 29.0 Å². The Morgan fingerprint density at radius 2 is 1.30 bits per heavy atom. The van der Waals surface area contributed by atoms with E-state index in [9.17, 15) is 15.3 Å².